The van der Waals surface area contributed by atoms with Gasteiger partial charge in [0, 0.05) is 53.0 Å². The van der Waals surface area contributed by atoms with Crippen LogP contribution in [0.15, 0.2) is 34.9 Å². The van der Waals surface area contributed by atoms with E-state index in [0.717, 1.165) is 5.56 Å². The third-order valence-electron chi connectivity index (χ3n) is 6.85. The second-order valence-electron chi connectivity index (χ2n) is 9.08. The number of amides is 1. The number of phenols is 1. The lowest BCUT2D eigenvalue weighted by atomic mass is 9.79. The first-order valence-electron chi connectivity index (χ1n) is 11.1. The zero-order chi connectivity index (χ0) is 24.7. The van der Waals surface area contributed by atoms with E-state index in [4.69, 9.17) is 0 Å². The first-order chi connectivity index (χ1) is 16.1. The highest BCUT2D eigenvalue weighted by Crippen LogP contribution is 2.52. The monoisotopic (exact) mass is 510 g/mol. The van der Waals surface area contributed by atoms with Gasteiger partial charge in [0.1, 0.15) is 11.4 Å². The number of likely N-dealkylation sites (tertiary alicyclic amines) is 1. The summed E-state index contributed by atoms with van der Waals surface area (Å²) in [6, 6.07) is 6.35. The van der Waals surface area contributed by atoms with Gasteiger partial charge in [-0.15, -0.1) is 11.8 Å². The summed E-state index contributed by atoms with van der Waals surface area (Å²) in [5.74, 6) is -2.18. The first kappa shape index (κ1) is 25.1. The molecule has 0 saturated carbocycles. The minimum absolute atomic E-state index is 0.00304. The van der Waals surface area contributed by atoms with E-state index in [2.05, 4.69) is 9.62 Å². The van der Waals surface area contributed by atoms with Crippen LogP contribution < -0.4 is 4.72 Å². The molecule has 186 valence electrons. The van der Waals surface area contributed by atoms with E-state index < -0.39 is 29.3 Å². The van der Waals surface area contributed by atoms with Crippen LogP contribution in [-0.4, -0.2) is 82.3 Å². The van der Waals surface area contributed by atoms with Crippen LogP contribution in [0.5, 0.6) is 5.75 Å². The van der Waals surface area contributed by atoms with Crippen LogP contribution in [0.1, 0.15) is 25.8 Å². The highest BCUT2D eigenvalue weighted by molar-refractivity contribution is 8.03. The number of carbonyl (C=O) groups is 2. The molecular weight excluding hydrogens is 482 g/mol. The van der Waals surface area contributed by atoms with Crippen molar-refractivity contribution in [1.29, 1.82) is 0 Å². The lowest BCUT2D eigenvalue weighted by Crippen LogP contribution is -2.63. The second kappa shape index (κ2) is 9.96. The molecular formula is C22H28N3O7S2-. The molecule has 1 aromatic rings. The van der Waals surface area contributed by atoms with Crippen molar-refractivity contribution in [3.63, 3.8) is 0 Å². The normalized spacial score (nSPS) is 30.9. The molecule has 1 amide bonds. The number of carboxylic acid groups (broad SMARTS) is 1. The van der Waals surface area contributed by atoms with E-state index in [0.29, 0.717) is 24.4 Å². The van der Waals surface area contributed by atoms with Crippen LogP contribution in [0.3, 0.4) is 0 Å². The number of aliphatic carboxylic acids is 1. The summed E-state index contributed by atoms with van der Waals surface area (Å²) < 4.78 is 24.6. The molecule has 12 heteroatoms. The summed E-state index contributed by atoms with van der Waals surface area (Å²) in [6.07, 6.45) is -0.222. The van der Waals surface area contributed by atoms with Crippen molar-refractivity contribution in [3.05, 3.63) is 40.4 Å². The number of nitrogens with one attached hydrogen (secondary N) is 1. The van der Waals surface area contributed by atoms with Crippen LogP contribution >= 0.6 is 11.8 Å². The number of thioether (sulfide) groups is 1. The Morgan fingerprint density at radius 3 is 2.62 bits per heavy atom. The van der Waals surface area contributed by atoms with E-state index in [1.54, 1.807) is 19.1 Å². The van der Waals surface area contributed by atoms with Gasteiger partial charge in [0.15, 0.2) is 0 Å². The molecule has 0 aromatic heterocycles. The van der Waals surface area contributed by atoms with E-state index in [9.17, 15) is 33.7 Å². The van der Waals surface area contributed by atoms with Crippen molar-refractivity contribution in [3.8, 4) is 5.75 Å². The Balaban J connectivity index is 1.53. The van der Waals surface area contributed by atoms with Gasteiger partial charge in [0.2, 0.25) is 5.91 Å². The number of aromatic hydroxyl groups is 1. The average Bonchev–Trinajstić information content (AvgIpc) is 3.24. The Hall–Kier alpha value is -1.96. The average molecular weight is 511 g/mol. The molecule has 0 bridgehead atoms. The molecule has 3 aliphatic heterocycles. The number of rotatable bonds is 9. The van der Waals surface area contributed by atoms with Gasteiger partial charge in [0.25, 0.3) is 0 Å². The van der Waals surface area contributed by atoms with Crippen LogP contribution in [-0.2, 0) is 27.4 Å². The molecule has 3 heterocycles. The topological polar surface area (TPSA) is 153 Å². The molecule has 1 aromatic carbocycles. The molecule has 7 atom stereocenters. The first-order valence-corrected chi connectivity index (χ1v) is 13.0. The number of carbonyl (C=O) groups excluding carboxylic acids is 1. The number of carboxylic acids is 1. The molecule has 4 rings (SSSR count). The Kier molecular flexibility index (Phi) is 7.36. The molecule has 7 unspecified atom stereocenters. The SMILES string of the molecule is CC(O)C1C(=O)N2C(C(=O)O)=C(SC3CC(CNS(=O)[O-])N(Cc4ccc(O)cc4)C3)C(C)C12. The molecule has 10 nitrogen and oxygen atoms in total. The third kappa shape index (κ3) is 4.75. The lowest BCUT2D eigenvalue weighted by Gasteiger charge is -2.46. The highest BCUT2D eigenvalue weighted by atomic mass is 32.2. The lowest BCUT2D eigenvalue weighted by molar-refractivity contribution is -0.163. The number of β-lactam (4-membered cyclic amide) rings is 1. The van der Waals surface area contributed by atoms with Crippen molar-refractivity contribution in [2.75, 3.05) is 13.1 Å². The van der Waals surface area contributed by atoms with Crippen molar-refractivity contribution in [2.24, 2.45) is 11.8 Å². The second-order valence-corrected chi connectivity index (χ2v) is 11.2. The Labute approximate surface area is 204 Å². The molecule has 3 aliphatic rings. The van der Waals surface area contributed by atoms with Gasteiger partial charge in [0.05, 0.1) is 18.1 Å². The van der Waals surface area contributed by atoms with Gasteiger partial charge < -0.3 is 24.8 Å². The summed E-state index contributed by atoms with van der Waals surface area (Å²) in [6.45, 7) is 4.81. The smallest absolute Gasteiger partial charge is 0.353 e. The Morgan fingerprint density at radius 1 is 1.35 bits per heavy atom. The van der Waals surface area contributed by atoms with Crippen molar-refractivity contribution < 1.29 is 33.7 Å². The quantitative estimate of drug-likeness (QED) is 0.276. The minimum atomic E-state index is -2.39. The van der Waals surface area contributed by atoms with Crippen LogP contribution in [0, 0.1) is 11.8 Å². The van der Waals surface area contributed by atoms with E-state index in [1.165, 1.54) is 16.7 Å². The zero-order valence-corrected chi connectivity index (χ0v) is 20.4. The fraction of sp³-hybridized carbons (Fsp3) is 0.545. The van der Waals surface area contributed by atoms with Gasteiger partial charge in [-0.3, -0.25) is 13.9 Å². The van der Waals surface area contributed by atoms with Gasteiger partial charge in [-0.1, -0.05) is 19.1 Å². The van der Waals surface area contributed by atoms with Crippen molar-refractivity contribution in [2.45, 2.75) is 50.3 Å². The molecule has 34 heavy (non-hydrogen) atoms. The fourth-order valence-corrected chi connectivity index (χ4v) is 7.21. The molecule has 2 saturated heterocycles. The molecule has 0 aliphatic carbocycles. The Bertz CT molecular complexity index is 1020. The van der Waals surface area contributed by atoms with Crippen LogP contribution in [0.2, 0.25) is 0 Å². The fourth-order valence-electron chi connectivity index (χ4n) is 5.29. The van der Waals surface area contributed by atoms with Gasteiger partial charge >= 0.3 is 5.97 Å². The standard InChI is InChI=1S/C22H29N3O7S2/c1-11-18-17(12(2)26)21(28)25(18)19(22(29)30)20(11)33-16-7-14(8-23-34(31)32)24(10-16)9-13-3-5-15(27)6-4-13/h3-6,11-12,14,16-18,23,26-27H,7-10H2,1-2H3,(H,29,30)(H,31,32)/p-1. The van der Waals surface area contributed by atoms with Gasteiger partial charge in [-0.2, -0.15) is 0 Å². The highest BCUT2D eigenvalue weighted by Gasteiger charge is 2.60. The minimum Gasteiger partial charge on any atom is -0.760 e. The third-order valence-corrected chi connectivity index (χ3v) is 8.75. The maximum absolute atomic E-state index is 12.6. The van der Waals surface area contributed by atoms with E-state index >= 15 is 0 Å². The van der Waals surface area contributed by atoms with Crippen molar-refractivity contribution >= 4 is 34.9 Å². The maximum Gasteiger partial charge on any atom is 0.353 e. The summed E-state index contributed by atoms with van der Waals surface area (Å²) in [5.41, 5.74) is 0.961. The number of hydrogen-bond acceptors (Lipinski definition) is 8. The number of fused-ring (bicyclic) bond motifs is 1. The molecule has 4 N–H and O–H groups in total. The molecule has 2 fully saturated rings. The predicted molar refractivity (Wildman–Crippen MR) is 125 cm³/mol. The number of benzene rings is 1. The number of aliphatic hydroxyl groups is 1. The van der Waals surface area contributed by atoms with Crippen LogP contribution in [0.25, 0.3) is 0 Å². The number of phenolic OH excluding ortho intramolecular Hbond substituents is 1. The predicted octanol–water partition coefficient (Wildman–Crippen LogP) is 0.606. The largest absolute Gasteiger partial charge is 0.760 e. The Morgan fingerprint density at radius 2 is 2.03 bits per heavy atom. The summed E-state index contributed by atoms with van der Waals surface area (Å²) in [5, 5.41) is 29.4. The maximum atomic E-state index is 12.6. The number of nitrogens with zero attached hydrogens (tertiary/aromatic N) is 2. The zero-order valence-electron chi connectivity index (χ0n) is 18.8. The summed E-state index contributed by atoms with van der Waals surface area (Å²) >= 11 is -0.957. The van der Waals surface area contributed by atoms with E-state index in [-0.39, 0.29) is 47.2 Å². The van der Waals surface area contributed by atoms with Gasteiger partial charge in [-0.25, -0.2) is 9.52 Å². The van der Waals surface area contributed by atoms with Gasteiger partial charge in [-0.05, 0) is 31.0 Å². The van der Waals surface area contributed by atoms with Crippen LogP contribution in [0.4, 0.5) is 0 Å². The molecule has 0 spiro atoms. The molecule has 0 radical (unpaired) electrons. The summed E-state index contributed by atoms with van der Waals surface area (Å²) in [7, 11) is 0. The van der Waals surface area contributed by atoms with Crippen molar-refractivity contribution in [1.82, 2.24) is 14.5 Å². The number of aliphatic hydroxyl groups excluding tert-OH is 1. The van der Waals surface area contributed by atoms with E-state index in [1.807, 2.05) is 19.1 Å². The summed E-state index contributed by atoms with van der Waals surface area (Å²) in [4.78, 5) is 28.7. The number of hydrogen-bond donors (Lipinski definition) is 4.